The third-order valence-electron chi connectivity index (χ3n) is 7.46. The normalized spacial score (nSPS) is 47.4. The topological polar surface area (TPSA) is 15.3 Å². The summed E-state index contributed by atoms with van der Waals surface area (Å²) in [6.45, 7) is 11.2. The largest absolute Gasteiger partial charge is 0.311 e. The molecule has 3 saturated carbocycles. The summed E-state index contributed by atoms with van der Waals surface area (Å²) < 4.78 is 0. The molecule has 0 amide bonds. The number of piperazine rings is 1. The van der Waals surface area contributed by atoms with Gasteiger partial charge in [-0.2, -0.15) is 0 Å². The first-order valence-electron chi connectivity index (χ1n) is 9.54. The van der Waals surface area contributed by atoms with Gasteiger partial charge in [-0.05, 0) is 68.6 Å². The molecule has 5 atom stereocenters. The summed E-state index contributed by atoms with van der Waals surface area (Å²) in [6.07, 6.45) is 9.12. The lowest BCUT2D eigenvalue weighted by Gasteiger charge is -2.51. The standard InChI is InChI=1S/C19H34N2/c1-13(2)18-11-21(19(3,12-20-18)17-6-7-17)10-16-9-14-4-5-15(16)8-14/h13-18,20H,4-12H2,1-3H3. The van der Waals surface area contributed by atoms with Crippen molar-refractivity contribution in [3.05, 3.63) is 0 Å². The second kappa shape index (κ2) is 5.23. The fourth-order valence-corrected chi connectivity index (χ4v) is 5.68. The molecule has 21 heavy (non-hydrogen) atoms. The number of nitrogens with one attached hydrogen (secondary N) is 1. The molecule has 5 unspecified atom stereocenters. The lowest BCUT2D eigenvalue weighted by Crippen LogP contribution is -2.66. The quantitative estimate of drug-likeness (QED) is 0.852. The van der Waals surface area contributed by atoms with Crippen LogP contribution in [0.2, 0.25) is 0 Å². The van der Waals surface area contributed by atoms with Crippen molar-refractivity contribution < 1.29 is 0 Å². The molecule has 0 aromatic heterocycles. The van der Waals surface area contributed by atoms with Crippen LogP contribution in [0.25, 0.3) is 0 Å². The SMILES string of the molecule is CC(C)C1CN(CC2CC3CCC2C3)C(C)(C2CC2)CN1. The van der Waals surface area contributed by atoms with Gasteiger partial charge in [-0.1, -0.05) is 20.3 Å². The first-order valence-corrected chi connectivity index (χ1v) is 9.54. The Morgan fingerprint density at radius 2 is 1.95 bits per heavy atom. The van der Waals surface area contributed by atoms with Gasteiger partial charge in [-0.3, -0.25) is 4.90 Å². The lowest BCUT2D eigenvalue weighted by molar-refractivity contribution is 0.00647. The average Bonchev–Trinajstić information content (AvgIpc) is 3.13. The van der Waals surface area contributed by atoms with Crippen LogP contribution in [0, 0.1) is 29.6 Å². The Morgan fingerprint density at radius 3 is 2.52 bits per heavy atom. The van der Waals surface area contributed by atoms with Crippen molar-refractivity contribution in [2.45, 2.75) is 70.9 Å². The highest BCUT2D eigenvalue weighted by molar-refractivity contribution is 5.06. The summed E-state index contributed by atoms with van der Waals surface area (Å²) in [4.78, 5) is 2.94. The number of rotatable bonds is 4. The maximum atomic E-state index is 3.88. The van der Waals surface area contributed by atoms with E-state index in [9.17, 15) is 0 Å². The smallest absolute Gasteiger partial charge is 0.0334 e. The van der Waals surface area contributed by atoms with Crippen molar-refractivity contribution in [1.29, 1.82) is 0 Å². The number of hydrogen-bond donors (Lipinski definition) is 1. The zero-order chi connectivity index (χ0) is 14.6. The molecule has 4 aliphatic rings. The third-order valence-corrected chi connectivity index (χ3v) is 7.46. The first-order chi connectivity index (χ1) is 10.1. The second-order valence-electron chi connectivity index (χ2n) is 9.20. The highest BCUT2D eigenvalue weighted by atomic mass is 15.3. The Labute approximate surface area is 131 Å². The Kier molecular flexibility index (Phi) is 3.61. The summed E-state index contributed by atoms with van der Waals surface area (Å²) in [5.74, 6) is 4.92. The zero-order valence-electron chi connectivity index (χ0n) is 14.3. The fraction of sp³-hybridized carbons (Fsp3) is 1.00. The molecular formula is C19H34N2. The molecular weight excluding hydrogens is 256 g/mol. The van der Waals surface area contributed by atoms with E-state index in [4.69, 9.17) is 0 Å². The fourth-order valence-electron chi connectivity index (χ4n) is 5.68. The Hall–Kier alpha value is -0.0800. The highest BCUT2D eigenvalue weighted by Crippen LogP contribution is 2.50. The van der Waals surface area contributed by atoms with E-state index in [0.717, 1.165) is 29.6 Å². The van der Waals surface area contributed by atoms with Crippen LogP contribution < -0.4 is 5.32 Å². The van der Waals surface area contributed by atoms with Crippen LogP contribution in [0.15, 0.2) is 0 Å². The van der Waals surface area contributed by atoms with Gasteiger partial charge >= 0.3 is 0 Å². The van der Waals surface area contributed by atoms with Crippen LogP contribution in [0.4, 0.5) is 0 Å². The minimum atomic E-state index is 0.452. The summed E-state index contributed by atoms with van der Waals surface area (Å²) in [7, 11) is 0. The van der Waals surface area contributed by atoms with Crippen molar-refractivity contribution in [1.82, 2.24) is 10.2 Å². The Morgan fingerprint density at radius 1 is 1.14 bits per heavy atom. The van der Waals surface area contributed by atoms with Crippen LogP contribution in [0.3, 0.4) is 0 Å². The van der Waals surface area contributed by atoms with Gasteiger partial charge in [0.05, 0.1) is 0 Å². The minimum absolute atomic E-state index is 0.452. The van der Waals surface area contributed by atoms with Crippen molar-refractivity contribution in [3.8, 4) is 0 Å². The highest BCUT2D eigenvalue weighted by Gasteiger charge is 2.50. The van der Waals surface area contributed by atoms with Crippen LogP contribution in [0.1, 0.15) is 59.3 Å². The van der Waals surface area contributed by atoms with Crippen molar-refractivity contribution in [2.75, 3.05) is 19.6 Å². The maximum Gasteiger partial charge on any atom is 0.0334 e. The predicted octanol–water partition coefficient (Wildman–Crippen LogP) is 3.52. The van der Waals surface area contributed by atoms with Gasteiger partial charge < -0.3 is 5.32 Å². The van der Waals surface area contributed by atoms with E-state index in [1.54, 1.807) is 12.8 Å². The van der Waals surface area contributed by atoms with Crippen LogP contribution in [-0.4, -0.2) is 36.1 Å². The van der Waals surface area contributed by atoms with Crippen LogP contribution >= 0.6 is 0 Å². The summed E-state index contributed by atoms with van der Waals surface area (Å²) in [5, 5.41) is 3.88. The van der Waals surface area contributed by atoms with Gasteiger partial charge in [0.1, 0.15) is 0 Å². The Bertz CT molecular complexity index is 389. The number of hydrogen-bond acceptors (Lipinski definition) is 2. The van der Waals surface area contributed by atoms with E-state index in [-0.39, 0.29) is 0 Å². The molecule has 4 rings (SSSR count). The molecule has 1 N–H and O–H groups in total. The molecule has 1 aliphatic heterocycles. The lowest BCUT2D eigenvalue weighted by atomic mass is 9.83. The molecule has 1 saturated heterocycles. The summed E-state index contributed by atoms with van der Waals surface area (Å²) >= 11 is 0. The van der Waals surface area contributed by atoms with Gasteiger partial charge in [0.15, 0.2) is 0 Å². The van der Waals surface area contributed by atoms with Gasteiger partial charge in [-0.15, -0.1) is 0 Å². The minimum Gasteiger partial charge on any atom is -0.311 e. The van der Waals surface area contributed by atoms with Crippen LogP contribution in [-0.2, 0) is 0 Å². The first kappa shape index (κ1) is 14.5. The molecule has 120 valence electrons. The molecule has 2 heteroatoms. The molecule has 2 bridgehead atoms. The second-order valence-corrected chi connectivity index (χ2v) is 9.20. The van der Waals surface area contributed by atoms with Gasteiger partial charge in [0, 0.05) is 31.2 Å². The van der Waals surface area contributed by atoms with E-state index in [2.05, 4.69) is 31.0 Å². The molecule has 0 aromatic rings. The predicted molar refractivity (Wildman–Crippen MR) is 88.3 cm³/mol. The molecule has 0 spiro atoms. The van der Waals surface area contributed by atoms with Crippen molar-refractivity contribution >= 4 is 0 Å². The van der Waals surface area contributed by atoms with E-state index in [0.29, 0.717) is 11.6 Å². The van der Waals surface area contributed by atoms with Crippen LogP contribution in [0.5, 0.6) is 0 Å². The molecule has 2 nitrogen and oxygen atoms in total. The molecule has 1 heterocycles. The number of fused-ring (bicyclic) bond motifs is 2. The average molecular weight is 290 g/mol. The van der Waals surface area contributed by atoms with E-state index in [1.165, 1.54) is 45.3 Å². The van der Waals surface area contributed by atoms with E-state index in [1.807, 2.05) is 0 Å². The van der Waals surface area contributed by atoms with E-state index >= 15 is 0 Å². The third kappa shape index (κ3) is 2.57. The number of nitrogens with zero attached hydrogens (tertiary/aromatic N) is 1. The molecule has 3 aliphatic carbocycles. The summed E-state index contributed by atoms with van der Waals surface area (Å²) in [5.41, 5.74) is 0.452. The van der Waals surface area contributed by atoms with Crippen molar-refractivity contribution in [2.24, 2.45) is 29.6 Å². The molecule has 4 fully saturated rings. The molecule has 0 aromatic carbocycles. The summed E-state index contributed by atoms with van der Waals surface area (Å²) in [6, 6.07) is 0.704. The van der Waals surface area contributed by atoms with Gasteiger partial charge in [0.25, 0.3) is 0 Å². The van der Waals surface area contributed by atoms with Gasteiger partial charge in [-0.25, -0.2) is 0 Å². The van der Waals surface area contributed by atoms with Gasteiger partial charge in [0.2, 0.25) is 0 Å². The van der Waals surface area contributed by atoms with Crippen molar-refractivity contribution in [3.63, 3.8) is 0 Å². The maximum absolute atomic E-state index is 3.88. The monoisotopic (exact) mass is 290 g/mol. The van der Waals surface area contributed by atoms with E-state index < -0.39 is 0 Å². The molecule has 0 radical (unpaired) electrons. The zero-order valence-corrected chi connectivity index (χ0v) is 14.3. The Balaban J connectivity index is 1.47.